The van der Waals surface area contributed by atoms with Crippen LogP contribution in [0.2, 0.25) is 0 Å². The normalized spacial score (nSPS) is 15.3. The minimum absolute atomic E-state index is 0.166. The van der Waals surface area contributed by atoms with E-state index >= 15 is 0 Å². The molecule has 1 saturated heterocycles. The summed E-state index contributed by atoms with van der Waals surface area (Å²) in [5.41, 5.74) is 2.10. The fourth-order valence-corrected chi connectivity index (χ4v) is 4.19. The molecule has 0 saturated carbocycles. The number of aromatic nitrogens is 2. The average molecular weight is 325 g/mol. The zero-order valence-corrected chi connectivity index (χ0v) is 14.0. The molecule has 3 heterocycles. The van der Waals surface area contributed by atoms with Crippen LogP contribution in [0, 0.1) is 0 Å². The smallest absolute Gasteiger partial charge is 0.263 e. The van der Waals surface area contributed by atoms with E-state index in [1.165, 1.54) is 6.42 Å². The predicted octanol–water partition coefficient (Wildman–Crippen LogP) is 3.93. The van der Waals surface area contributed by atoms with Crippen molar-refractivity contribution in [2.75, 3.05) is 13.1 Å². The Hall–Kier alpha value is -2.14. The zero-order chi connectivity index (χ0) is 15.8. The molecule has 1 aliphatic heterocycles. The molecule has 4 nitrogen and oxygen atoms in total. The van der Waals surface area contributed by atoms with Gasteiger partial charge in [-0.15, -0.1) is 11.3 Å². The van der Waals surface area contributed by atoms with Gasteiger partial charge in [0.1, 0.15) is 0 Å². The minimum atomic E-state index is 0.166. The minimum Gasteiger partial charge on any atom is -0.338 e. The summed E-state index contributed by atoms with van der Waals surface area (Å²) in [7, 11) is 2.02. The topological polar surface area (TPSA) is 38.1 Å². The molecule has 1 amide bonds. The first-order valence-electron chi connectivity index (χ1n) is 8.05. The maximum Gasteiger partial charge on any atom is 0.263 e. The number of nitrogens with zero attached hydrogens (tertiary/aromatic N) is 3. The lowest BCUT2D eigenvalue weighted by atomic mass is 10.1. The van der Waals surface area contributed by atoms with Crippen molar-refractivity contribution in [1.29, 1.82) is 0 Å². The van der Waals surface area contributed by atoms with Gasteiger partial charge in [0.05, 0.1) is 20.8 Å². The van der Waals surface area contributed by atoms with Crippen molar-refractivity contribution in [3.05, 3.63) is 41.3 Å². The van der Waals surface area contributed by atoms with Gasteiger partial charge in [-0.05, 0) is 43.5 Å². The number of fused-ring (bicyclic) bond motifs is 1. The molecule has 1 fully saturated rings. The Kier molecular flexibility index (Phi) is 3.65. The first kappa shape index (κ1) is 14.5. The Morgan fingerprint density at radius 3 is 2.65 bits per heavy atom. The van der Waals surface area contributed by atoms with E-state index in [4.69, 9.17) is 4.98 Å². The summed E-state index contributed by atoms with van der Waals surface area (Å²) in [4.78, 5) is 21.2. The first-order valence-corrected chi connectivity index (χ1v) is 8.86. The van der Waals surface area contributed by atoms with Crippen molar-refractivity contribution in [1.82, 2.24) is 14.5 Å². The molecule has 1 aromatic carbocycles. The average Bonchev–Trinajstić information content (AvgIpc) is 3.20. The molecule has 0 aliphatic carbocycles. The highest BCUT2D eigenvalue weighted by molar-refractivity contribution is 7.17. The third-order valence-electron chi connectivity index (χ3n) is 4.47. The molecule has 1 aliphatic rings. The van der Waals surface area contributed by atoms with Crippen molar-refractivity contribution in [3.63, 3.8) is 0 Å². The predicted molar refractivity (Wildman–Crippen MR) is 93.8 cm³/mol. The number of imidazole rings is 1. The third kappa shape index (κ3) is 2.55. The van der Waals surface area contributed by atoms with Crippen LogP contribution >= 0.6 is 11.3 Å². The van der Waals surface area contributed by atoms with E-state index in [1.807, 2.05) is 42.3 Å². The SMILES string of the molecule is Cn1c(-c2ccc(C(=O)N3CCCCC3)s2)nc2ccccc21. The highest BCUT2D eigenvalue weighted by Gasteiger charge is 2.21. The second kappa shape index (κ2) is 5.81. The maximum absolute atomic E-state index is 12.6. The summed E-state index contributed by atoms with van der Waals surface area (Å²) in [6.45, 7) is 1.77. The quantitative estimate of drug-likeness (QED) is 0.716. The van der Waals surface area contributed by atoms with Crippen LogP contribution in [0.15, 0.2) is 36.4 Å². The van der Waals surface area contributed by atoms with Gasteiger partial charge in [0.2, 0.25) is 0 Å². The van der Waals surface area contributed by atoms with Gasteiger partial charge in [-0.3, -0.25) is 4.79 Å². The Bertz CT molecular complexity index is 858. The molecule has 0 radical (unpaired) electrons. The monoisotopic (exact) mass is 325 g/mol. The molecule has 0 bridgehead atoms. The molecule has 0 N–H and O–H groups in total. The van der Waals surface area contributed by atoms with Crippen molar-refractivity contribution in [2.45, 2.75) is 19.3 Å². The standard InChI is InChI=1S/C18H19N3OS/c1-20-14-8-4-3-7-13(14)19-17(20)15-9-10-16(23-15)18(22)21-11-5-2-6-12-21/h3-4,7-10H,2,5-6,11-12H2,1H3. The number of aryl methyl sites for hydroxylation is 1. The van der Waals surface area contributed by atoms with Gasteiger partial charge in [-0.25, -0.2) is 4.98 Å². The summed E-state index contributed by atoms with van der Waals surface area (Å²) in [6.07, 6.45) is 3.47. The number of amides is 1. The number of hydrogen-bond acceptors (Lipinski definition) is 3. The molecular weight excluding hydrogens is 306 g/mol. The lowest BCUT2D eigenvalue weighted by molar-refractivity contribution is 0.0729. The molecule has 2 aromatic heterocycles. The molecule has 0 unspecified atom stereocenters. The van der Waals surface area contributed by atoms with E-state index in [9.17, 15) is 4.79 Å². The summed E-state index contributed by atoms with van der Waals surface area (Å²) in [5, 5.41) is 0. The Morgan fingerprint density at radius 1 is 1.09 bits per heavy atom. The lowest BCUT2D eigenvalue weighted by Gasteiger charge is -2.26. The lowest BCUT2D eigenvalue weighted by Crippen LogP contribution is -2.35. The van der Waals surface area contributed by atoms with E-state index < -0.39 is 0 Å². The first-order chi connectivity index (χ1) is 11.2. The van der Waals surface area contributed by atoms with Crippen LogP contribution < -0.4 is 0 Å². The molecular formula is C18H19N3OS. The molecule has 0 atom stereocenters. The van der Waals surface area contributed by atoms with Gasteiger partial charge in [0, 0.05) is 20.1 Å². The number of benzene rings is 1. The van der Waals surface area contributed by atoms with E-state index in [0.29, 0.717) is 0 Å². The van der Waals surface area contributed by atoms with Crippen LogP contribution in [-0.4, -0.2) is 33.4 Å². The fraction of sp³-hybridized carbons (Fsp3) is 0.333. The summed E-state index contributed by atoms with van der Waals surface area (Å²) in [6, 6.07) is 12.1. The van der Waals surface area contributed by atoms with Gasteiger partial charge >= 0.3 is 0 Å². The maximum atomic E-state index is 12.6. The number of carbonyl (C=O) groups is 1. The molecule has 0 spiro atoms. The van der Waals surface area contributed by atoms with Crippen molar-refractivity contribution < 1.29 is 4.79 Å². The summed E-state index contributed by atoms with van der Waals surface area (Å²) >= 11 is 1.54. The Balaban J connectivity index is 1.66. The van der Waals surface area contributed by atoms with E-state index in [1.54, 1.807) is 11.3 Å². The number of likely N-dealkylation sites (tertiary alicyclic amines) is 1. The number of rotatable bonds is 2. The van der Waals surface area contributed by atoms with Crippen molar-refractivity contribution in [3.8, 4) is 10.7 Å². The molecule has 23 heavy (non-hydrogen) atoms. The Morgan fingerprint density at radius 2 is 1.87 bits per heavy atom. The van der Waals surface area contributed by atoms with Crippen LogP contribution in [0.4, 0.5) is 0 Å². The van der Waals surface area contributed by atoms with Crippen LogP contribution in [0.5, 0.6) is 0 Å². The van der Waals surface area contributed by atoms with E-state index in [-0.39, 0.29) is 5.91 Å². The van der Waals surface area contributed by atoms with Gasteiger partial charge < -0.3 is 9.47 Å². The van der Waals surface area contributed by atoms with Crippen LogP contribution in [0.3, 0.4) is 0 Å². The third-order valence-corrected chi connectivity index (χ3v) is 5.54. The Labute approximate surface area is 139 Å². The van der Waals surface area contributed by atoms with Gasteiger partial charge in [0.15, 0.2) is 5.82 Å². The summed E-state index contributed by atoms with van der Waals surface area (Å²) < 4.78 is 2.09. The number of carbonyl (C=O) groups excluding carboxylic acids is 1. The van der Waals surface area contributed by atoms with Gasteiger partial charge in [0.25, 0.3) is 5.91 Å². The highest BCUT2D eigenvalue weighted by Crippen LogP contribution is 2.30. The largest absolute Gasteiger partial charge is 0.338 e. The molecule has 4 rings (SSSR count). The van der Waals surface area contributed by atoms with E-state index in [0.717, 1.165) is 52.5 Å². The summed E-state index contributed by atoms with van der Waals surface area (Å²) in [5.74, 6) is 1.09. The van der Waals surface area contributed by atoms with Gasteiger partial charge in [-0.2, -0.15) is 0 Å². The van der Waals surface area contributed by atoms with Gasteiger partial charge in [-0.1, -0.05) is 12.1 Å². The van der Waals surface area contributed by atoms with Crippen molar-refractivity contribution in [2.24, 2.45) is 7.05 Å². The fourth-order valence-electron chi connectivity index (χ4n) is 3.19. The highest BCUT2D eigenvalue weighted by atomic mass is 32.1. The van der Waals surface area contributed by atoms with Crippen LogP contribution in [0.25, 0.3) is 21.7 Å². The number of hydrogen-bond donors (Lipinski definition) is 0. The zero-order valence-electron chi connectivity index (χ0n) is 13.2. The van der Waals surface area contributed by atoms with E-state index in [2.05, 4.69) is 10.6 Å². The molecule has 3 aromatic rings. The van der Waals surface area contributed by atoms with Crippen molar-refractivity contribution >= 4 is 28.3 Å². The number of para-hydroxylation sites is 2. The van der Waals surface area contributed by atoms with Crippen LogP contribution in [-0.2, 0) is 7.05 Å². The number of piperidine rings is 1. The molecule has 5 heteroatoms. The molecule has 118 valence electrons. The van der Waals surface area contributed by atoms with Crippen LogP contribution in [0.1, 0.15) is 28.9 Å². The number of thiophene rings is 1. The second-order valence-corrected chi connectivity index (χ2v) is 7.08. The second-order valence-electron chi connectivity index (χ2n) is 6.00.